The summed E-state index contributed by atoms with van der Waals surface area (Å²) in [6.07, 6.45) is 5.09. The first kappa shape index (κ1) is 7.60. The summed E-state index contributed by atoms with van der Waals surface area (Å²) in [5.41, 5.74) is 0.950. The van der Waals surface area contributed by atoms with Crippen molar-refractivity contribution in [2.24, 2.45) is 0 Å². The Bertz CT molecular complexity index is 261. The number of carbonyl (C=O) groups excluding carboxylic acids is 1. The van der Waals surface area contributed by atoms with Crippen LogP contribution >= 0.6 is 0 Å². The highest BCUT2D eigenvalue weighted by atomic mass is 16.3. The van der Waals surface area contributed by atoms with Crippen molar-refractivity contribution in [3.63, 3.8) is 0 Å². The minimum absolute atomic E-state index is 0.124. The summed E-state index contributed by atoms with van der Waals surface area (Å²) >= 11 is 0. The van der Waals surface area contributed by atoms with E-state index >= 15 is 0 Å². The van der Waals surface area contributed by atoms with E-state index in [4.69, 9.17) is 0 Å². The number of nitrogens with one attached hydrogen (secondary N) is 1. The van der Waals surface area contributed by atoms with Crippen LogP contribution in [0.3, 0.4) is 0 Å². The molecule has 1 N–H and O–H groups in total. The van der Waals surface area contributed by atoms with Gasteiger partial charge in [0.15, 0.2) is 0 Å². The average molecular weight is 150 g/mol. The van der Waals surface area contributed by atoms with Crippen molar-refractivity contribution >= 4 is 6.29 Å². The molecule has 0 spiro atoms. The number of carbonyl (C=O) groups is 1. The standard InChI is InChI=1S/C8H9NO2/c1-9-4-7-2-6(5-10)3-8(7)11/h2-5,9,11H,1H3/p-1. The van der Waals surface area contributed by atoms with Crippen LogP contribution in [0.1, 0.15) is 0 Å². The van der Waals surface area contributed by atoms with Gasteiger partial charge in [-0.15, -0.1) is 0 Å². The fourth-order valence-corrected chi connectivity index (χ4v) is 0.863. The van der Waals surface area contributed by atoms with Crippen LogP contribution in [-0.2, 0) is 4.79 Å². The molecule has 1 aliphatic rings. The first-order valence-corrected chi connectivity index (χ1v) is 3.21. The molecule has 11 heavy (non-hydrogen) atoms. The Morgan fingerprint density at radius 2 is 2.27 bits per heavy atom. The molecule has 0 radical (unpaired) electrons. The van der Waals surface area contributed by atoms with Crippen molar-refractivity contribution in [1.82, 2.24) is 5.32 Å². The predicted molar refractivity (Wildman–Crippen MR) is 39.4 cm³/mol. The zero-order valence-electron chi connectivity index (χ0n) is 6.13. The van der Waals surface area contributed by atoms with Crippen LogP contribution in [0.4, 0.5) is 0 Å². The van der Waals surface area contributed by atoms with Crippen molar-refractivity contribution in [1.29, 1.82) is 0 Å². The van der Waals surface area contributed by atoms with Crippen LogP contribution < -0.4 is 10.4 Å². The van der Waals surface area contributed by atoms with E-state index in [0.29, 0.717) is 17.4 Å². The quantitative estimate of drug-likeness (QED) is 0.538. The normalized spacial score (nSPS) is 19.5. The topological polar surface area (TPSA) is 52.2 Å². The minimum Gasteiger partial charge on any atom is -0.872 e. The molecule has 3 heteroatoms. The van der Waals surface area contributed by atoms with Gasteiger partial charge in [0.1, 0.15) is 6.29 Å². The molecule has 0 heterocycles. The number of allylic oxidation sites excluding steroid dienone is 3. The van der Waals surface area contributed by atoms with Gasteiger partial charge in [-0.3, -0.25) is 4.79 Å². The van der Waals surface area contributed by atoms with E-state index in [9.17, 15) is 9.90 Å². The van der Waals surface area contributed by atoms with E-state index in [1.807, 2.05) is 0 Å². The second-order valence-corrected chi connectivity index (χ2v) is 2.16. The average Bonchev–Trinajstić information content (AvgIpc) is 2.33. The Hall–Kier alpha value is -1.51. The fourth-order valence-electron chi connectivity index (χ4n) is 0.863. The highest BCUT2D eigenvalue weighted by Gasteiger charge is 2.02. The van der Waals surface area contributed by atoms with Crippen molar-refractivity contribution < 1.29 is 9.90 Å². The molecule has 0 aromatic rings. The molecule has 58 valence electrons. The summed E-state index contributed by atoms with van der Waals surface area (Å²) in [5.74, 6) is -0.124. The molecular formula is C8H8NO2-. The molecule has 0 unspecified atom stereocenters. The maximum Gasteiger partial charge on any atom is 0.150 e. The van der Waals surface area contributed by atoms with E-state index in [2.05, 4.69) is 5.32 Å². The molecule has 0 saturated heterocycles. The van der Waals surface area contributed by atoms with Gasteiger partial charge >= 0.3 is 0 Å². The van der Waals surface area contributed by atoms with Crippen molar-refractivity contribution in [3.05, 3.63) is 35.3 Å². The van der Waals surface area contributed by atoms with Gasteiger partial charge in [-0.2, -0.15) is 0 Å². The van der Waals surface area contributed by atoms with Crippen LogP contribution in [-0.4, -0.2) is 13.3 Å². The molecule has 1 aliphatic carbocycles. The molecule has 3 nitrogen and oxygen atoms in total. The zero-order valence-corrected chi connectivity index (χ0v) is 6.13. The molecule has 0 atom stereocenters. The van der Waals surface area contributed by atoms with Crippen LogP contribution in [0.15, 0.2) is 35.3 Å². The zero-order chi connectivity index (χ0) is 8.27. The number of hydrogen-bond donors (Lipinski definition) is 1. The molecule has 0 amide bonds. The molecule has 1 rings (SSSR count). The van der Waals surface area contributed by atoms with Crippen LogP contribution in [0, 0.1) is 0 Å². The van der Waals surface area contributed by atoms with E-state index in [0.717, 1.165) is 0 Å². The molecule has 0 aromatic heterocycles. The second-order valence-electron chi connectivity index (χ2n) is 2.16. The SMILES string of the molecule is CNC=C1C=C(C=O)C=C1[O-]. The van der Waals surface area contributed by atoms with E-state index in [1.54, 1.807) is 19.3 Å². The second kappa shape index (κ2) is 3.05. The fraction of sp³-hybridized carbons (Fsp3) is 0.125. The van der Waals surface area contributed by atoms with Gasteiger partial charge in [0.2, 0.25) is 0 Å². The Kier molecular flexibility index (Phi) is 2.11. The monoisotopic (exact) mass is 150 g/mol. The first-order chi connectivity index (χ1) is 5.27. The lowest BCUT2D eigenvalue weighted by molar-refractivity contribution is -0.296. The molecule has 0 saturated carbocycles. The summed E-state index contributed by atoms with van der Waals surface area (Å²) in [5, 5.41) is 13.7. The third kappa shape index (κ3) is 1.49. The molecule has 0 aromatic carbocycles. The number of aldehydes is 1. The Morgan fingerprint density at radius 1 is 1.55 bits per heavy atom. The van der Waals surface area contributed by atoms with E-state index in [-0.39, 0.29) is 5.76 Å². The maximum absolute atomic E-state index is 11.0. The highest BCUT2D eigenvalue weighted by molar-refractivity contribution is 5.81. The number of hydrogen-bond acceptors (Lipinski definition) is 3. The first-order valence-electron chi connectivity index (χ1n) is 3.21. The lowest BCUT2D eigenvalue weighted by Gasteiger charge is -2.06. The Morgan fingerprint density at radius 3 is 2.73 bits per heavy atom. The van der Waals surface area contributed by atoms with Crippen molar-refractivity contribution in [2.45, 2.75) is 0 Å². The summed E-state index contributed by atoms with van der Waals surface area (Å²) in [7, 11) is 1.70. The highest BCUT2D eigenvalue weighted by Crippen LogP contribution is 2.16. The predicted octanol–water partition coefficient (Wildman–Crippen LogP) is -0.527. The molecule has 0 fully saturated rings. The van der Waals surface area contributed by atoms with E-state index in [1.165, 1.54) is 6.08 Å². The lowest BCUT2D eigenvalue weighted by atomic mass is 10.3. The van der Waals surface area contributed by atoms with Gasteiger partial charge in [-0.05, 0) is 11.6 Å². The van der Waals surface area contributed by atoms with Gasteiger partial charge in [0, 0.05) is 18.8 Å². The summed E-state index contributed by atoms with van der Waals surface area (Å²) in [6.45, 7) is 0. The Balaban J connectivity index is 2.89. The molecule has 0 aliphatic heterocycles. The summed E-state index contributed by atoms with van der Waals surface area (Å²) in [6, 6.07) is 0. The number of rotatable bonds is 2. The van der Waals surface area contributed by atoms with Gasteiger partial charge in [-0.1, -0.05) is 11.8 Å². The summed E-state index contributed by atoms with van der Waals surface area (Å²) in [4.78, 5) is 10.2. The largest absolute Gasteiger partial charge is 0.872 e. The lowest BCUT2D eigenvalue weighted by Crippen LogP contribution is -2.05. The molecule has 0 bridgehead atoms. The summed E-state index contributed by atoms with van der Waals surface area (Å²) < 4.78 is 0. The van der Waals surface area contributed by atoms with Gasteiger partial charge in [0.05, 0.1) is 0 Å². The van der Waals surface area contributed by atoms with Crippen LogP contribution in [0.5, 0.6) is 0 Å². The van der Waals surface area contributed by atoms with Crippen LogP contribution in [0.2, 0.25) is 0 Å². The Labute approximate surface area is 64.7 Å². The third-order valence-electron chi connectivity index (χ3n) is 1.34. The smallest absolute Gasteiger partial charge is 0.150 e. The van der Waals surface area contributed by atoms with Crippen molar-refractivity contribution in [3.8, 4) is 0 Å². The van der Waals surface area contributed by atoms with Gasteiger partial charge < -0.3 is 10.4 Å². The van der Waals surface area contributed by atoms with Crippen molar-refractivity contribution in [2.75, 3.05) is 7.05 Å². The molecular weight excluding hydrogens is 142 g/mol. The van der Waals surface area contributed by atoms with Crippen LogP contribution in [0.25, 0.3) is 0 Å². The van der Waals surface area contributed by atoms with Gasteiger partial charge in [-0.25, -0.2) is 0 Å². The maximum atomic E-state index is 11.0. The van der Waals surface area contributed by atoms with E-state index < -0.39 is 0 Å². The minimum atomic E-state index is -0.124. The third-order valence-corrected chi connectivity index (χ3v) is 1.34. The van der Waals surface area contributed by atoms with Gasteiger partial charge in [0.25, 0.3) is 0 Å².